The smallest absolute Gasteiger partial charge is 0.155 e. The second-order valence-corrected chi connectivity index (χ2v) is 8.99. The molecule has 1 atom stereocenters. The van der Waals surface area contributed by atoms with E-state index in [1.165, 1.54) is 22.3 Å². The van der Waals surface area contributed by atoms with E-state index < -0.39 is 10.8 Å². The Morgan fingerprint density at radius 3 is 2.76 bits per heavy atom. The number of hydrogen-bond acceptors (Lipinski definition) is 4. The SMILES string of the molecule is Cc1cccc(CNCCCN2c3cccnc3S(=O)c3ccc(C)c(C)c32)c1. The number of fused-ring (bicyclic) bond motifs is 2. The number of aryl methyl sites for hydroxylation is 2. The van der Waals surface area contributed by atoms with Crippen molar-refractivity contribution < 1.29 is 4.21 Å². The fraction of sp³-hybridized carbons (Fsp3) is 0.292. The van der Waals surface area contributed by atoms with E-state index in [2.05, 4.69) is 66.3 Å². The zero-order chi connectivity index (χ0) is 20.4. The summed E-state index contributed by atoms with van der Waals surface area (Å²) >= 11 is 0. The molecule has 1 aliphatic rings. The first kappa shape index (κ1) is 19.8. The molecule has 150 valence electrons. The third-order valence-corrected chi connectivity index (χ3v) is 6.89. The zero-order valence-electron chi connectivity index (χ0n) is 17.2. The van der Waals surface area contributed by atoms with E-state index in [4.69, 9.17) is 0 Å². The molecule has 2 aromatic carbocycles. The number of rotatable bonds is 6. The lowest BCUT2D eigenvalue weighted by Crippen LogP contribution is -2.29. The van der Waals surface area contributed by atoms with Gasteiger partial charge >= 0.3 is 0 Å². The van der Waals surface area contributed by atoms with Gasteiger partial charge in [-0.05, 0) is 68.6 Å². The number of nitrogens with zero attached hydrogens (tertiary/aromatic N) is 2. The number of anilines is 2. The van der Waals surface area contributed by atoms with Crippen LogP contribution in [0.5, 0.6) is 0 Å². The average Bonchev–Trinajstić information content (AvgIpc) is 2.72. The lowest BCUT2D eigenvalue weighted by molar-refractivity contribution is 0.645. The molecule has 2 heterocycles. The molecule has 1 aromatic heterocycles. The average molecular weight is 406 g/mol. The molecule has 0 radical (unpaired) electrons. The van der Waals surface area contributed by atoms with Gasteiger partial charge in [0, 0.05) is 19.3 Å². The molecule has 3 aromatic rings. The van der Waals surface area contributed by atoms with Gasteiger partial charge in [-0.3, -0.25) is 0 Å². The Bertz CT molecular complexity index is 1060. The van der Waals surface area contributed by atoms with E-state index in [1.54, 1.807) is 6.20 Å². The van der Waals surface area contributed by atoms with E-state index in [1.807, 2.05) is 18.2 Å². The number of hydrogen-bond donors (Lipinski definition) is 1. The zero-order valence-corrected chi connectivity index (χ0v) is 18.1. The van der Waals surface area contributed by atoms with Crippen LogP contribution in [0.3, 0.4) is 0 Å². The Hall–Kier alpha value is -2.50. The minimum atomic E-state index is -1.23. The molecule has 0 fully saturated rings. The van der Waals surface area contributed by atoms with Crippen LogP contribution in [0.2, 0.25) is 0 Å². The largest absolute Gasteiger partial charge is 0.338 e. The first-order valence-electron chi connectivity index (χ1n) is 10.1. The van der Waals surface area contributed by atoms with Gasteiger partial charge in [0.2, 0.25) is 0 Å². The van der Waals surface area contributed by atoms with Crippen LogP contribution < -0.4 is 10.2 Å². The van der Waals surface area contributed by atoms with Crippen LogP contribution in [-0.2, 0) is 17.3 Å². The molecule has 1 aliphatic heterocycles. The molecule has 0 spiro atoms. The maximum Gasteiger partial charge on any atom is 0.155 e. The number of aromatic nitrogens is 1. The van der Waals surface area contributed by atoms with Crippen LogP contribution in [0, 0.1) is 20.8 Å². The second kappa shape index (κ2) is 8.47. The summed E-state index contributed by atoms with van der Waals surface area (Å²) in [6.45, 7) is 9.00. The van der Waals surface area contributed by atoms with Gasteiger partial charge in [-0.25, -0.2) is 9.19 Å². The third-order valence-electron chi connectivity index (χ3n) is 5.50. The van der Waals surface area contributed by atoms with Crippen molar-refractivity contribution in [3.8, 4) is 0 Å². The van der Waals surface area contributed by atoms with Crippen molar-refractivity contribution in [2.75, 3.05) is 18.0 Å². The summed E-state index contributed by atoms with van der Waals surface area (Å²) in [5.74, 6) is 0. The van der Waals surface area contributed by atoms with Gasteiger partial charge in [0.1, 0.15) is 10.8 Å². The summed E-state index contributed by atoms with van der Waals surface area (Å²) < 4.78 is 13.1. The fourth-order valence-electron chi connectivity index (χ4n) is 3.87. The van der Waals surface area contributed by atoms with E-state index in [0.29, 0.717) is 5.03 Å². The normalized spacial score (nSPS) is 15.1. The predicted molar refractivity (Wildman–Crippen MR) is 119 cm³/mol. The molecule has 5 heteroatoms. The van der Waals surface area contributed by atoms with Crippen molar-refractivity contribution in [1.29, 1.82) is 0 Å². The van der Waals surface area contributed by atoms with E-state index in [9.17, 15) is 4.21 Å². The molecule has 1 N–H and O–H groups in total. The Labute approximate surface area is 175 Å². The molecule has 0 bridgehead atoms. The second-order valence-electron chi connectivity index (χ2n) is 7.62. The lowest BCUT2D eigenvalue weighted by Gasteiger charge is -2.34. The molecule has 4 nitrogen and oxygen atoms in total. The molecule has 1 unspecified atom stereocenters. The van der Waals surface area contributed by atoms with Gasteiger partial charge in [-0.1, -0.05) is 35.9 Å². The maximum atomic E-state index is 13.1. The lowest BCUT2D eigenvalue weighted by atomic mass is 10.1. The van der Waals surface area contributed by atoms with Crippen molar-refractivity contribution in [3.63, 3.8) is 0 Å². The molecule has 0 saturated carbocycles. The Balaban J connectivity index is 1.50. The van der Waals surface area contributed by atoms with E-state index >= 15 is 0 Å². The van der Waals surface area contributed by atoms with Gasteiger partial charge in [-0.2, -0.15) is 0 Å². The van der Waals surface area contributed by atoms with Crippen molar-refractivity contribution in [1.82, 2.24) is 10.3 Å². The summed E-state index contributed by atoms with van der Waals surface area (Å²) in [6, 6.07) is 16.6. The van der Waals surface area contributed by atoms with Crippen LogP contribution >= 0.6 is 0 Å². The molecule has 0 aliphatic carbocycles. The molecule has 0 saturated heterocycles. The Morgan fingerprint density at radius 1 is 1.07 bits per heavy atom. The highest BCUT2D eigenvalue weighted by Crippen LogP contribution is 2.43. The maximum absolute atomic E-state index is 13.1. The summed E-state index contributed by atoms with van der Waals surface area (Å²) in [5.41, 5.74) is 7.06. The highest BCUT2D eigenvalue weighted by atomic mass is 32.2. The highest BCUT2D eigenvalue weighted by molar-refractivity contribution is 7.85. The third kappa shape index (κ3) is 3.98. The van der Waals surface area contributed by atoms with Crippen molar-refractivity contribution in [2.45, 2.75) is 43.7 Å². The van der Waals surface area contributed by atoms with Gasteiger partial charge < -0.3 is 10.2 Å². The van der Waals surface area contributed by atoms with Crippen LogP contribution in [-0.4, -0.2) is 22.3 Å². The van der Waals surface area contributed by atoms with Crippen LogP contribution in [0.4, 0.5) is 11.4 Å². The van der Waals surface area contributed by atoms with E-state index in [-0.39, 0.29) is 0 Å². The standard InChI is InChI=1S/C24H27N3OS/c1-17-7-4-8-20(15-17)16-25-12-6-14-27-21-9-5-13-26-24(21)29(28)22-11-10-18(2)19(3)23(22)27/h4-5,7-11,13,15,25H,6,12,14,16H2,1-3H3. The minimum Gasteiger partial charge on any atom is -0.338 e. The number of benzene rings is 2. The first-order chi connectivity index (χ1) is 14.1. The topological polar surface area (TPSA) is 45.2 Å². The molecule has 29 heavy (non-hydrogen) atoms. The van der Waals surface area contributed by atoms with Crippen molar-refractivity contribution in [3.05, 3.63) is 77.0 Å². The monoisotopic (exact) mass is 405 g/mol. The molecular formula is C24H27N3OS. The van der Waals surface area contributed by atoms with Crippen molar-refractivity contribution in [2.24, 2.45) is 0 Å². The van der Waals surface area contributed by atoms with Gasteiger partial charge in [0.25, 0.3) is 0 Å². The predicted octanol–water partition coefficient (Wildman–Crippen LogP) is 4.80. The minimum absolute atomic E-state index is 0.663. The van der Waals surface area contributed by atoms with Gasteiger partial charge in [0.15, 0.2) is 5.03 Å². The van der Waals surface area contributed by atoms with Gasteiger partial charge in [-0.15, -0.1) is 0 Å². The van der Waals surface area contributed by atoms with Crippen molar-refractivity contribution >= 4 is 22.2 Å². The van der Waals surface area contributed by atoms with Crippen LogP contribution in [0.1, 0.15) is 28.7 Å². The first-order valence-corrected chi connectivity index (χ1v) is 11.2. The number of pyridine rings is 1. The summed E-state index contributed by atoms with van der Waals surface area (Å²) in [5, 5.41) is 4.21. The van der Waals surface area contributed by atoms with Crippen LogP contribution in [0.25, 0.3) is 0 Å². The molecule has 4 rings (SSSR count). The Kier molecular flexibility index (Phi) is 5.79. The highest BCUT2D eigenvalue weighted by Gasteiger charge is 2.30. The summed E-state index contributed by atoms with van der Waals surface area (Å²) in [4.78, 5) is 7.61. The van der Waals surface area contributed by atoms with Crippen LogP contribution in [0.15, 0.2) is 64.6 Å². The van der Waals surface area contributed by atoms with E-state index in [0.717, 1.165) is 42.3 Å². The molecular weight excluding hydrogens is 378 g/mol. The number of nitrogens with one attached hydrogen (secondary N) is 1. The summed E-state index contributed by atoms with van der Waals surface area (Å²) in [7, 11) is -1.23. The Morgan fingerprint density at radius 2 is 1.93 bits per heavy atom. The van der Waals surface area contributed by atoms with Gasteiger partial charge in [0.05, 0.1) is 16.3 Å². The summed E-state index contributed by atoms with van der Waals surface area (Å²) in [6.07, 6.45) is 2.71. The quantitative estimate of drug-likeness (QED) is 0.598. The fourth-order valence-corrected chi connectivity index (χ4v) is 5.23. The molecule has 0 amide bonds.